The summed E-state index contributed by atoms with van der Waals surface area (Å²) < 4.78 is 1.74. The van der Waals surface area contributed by atoms with Gasteiger partial charge in [-0.05, 0) is 59.5 Å². The molecule has 150 valence electrons. The normalized spacial score (nSPS) is 14.7. The second kappa shape index (κ2) is 9.05. The lowest BCUT2D eigenvalue weighted by molar-refractivity contribution is -0.125. The zero-order chi connectivity index (χ0) is 20.1. The molecule has 8 heteroatoms. The number of para-hydroxylation sites is 1. The lowest BCUT2D eigenvalue weighted by atomic mass is 9.96. The second-order valence-corrected chi connectivity index (χ2v) is 7.59. The molecule has 0 radical (unpaired) electrons. The summed E-state index contributed by atoms with van der Waals surface area (Å²) in [6.45, 7) is 2.14. The molecule has 0 saturated carbocycles. The molecule has 0 aliphatic carbocycles. The molecule has 1 fully saturated rings. The Morgan fingerprint density at radius 2 is 1.79 bits per heavy atom. The van der Waals surface area contributed by atoms with Gasteiger partial charge in [-0.1, -0.05) is 47.0 Å². The van der Waals surface area contributed by atoms with Crippen molar-refractivity contribution < 1.29 is 4.79 Å². The number of nitrogens with zero attached hydrogens (tertiary/aromatic N) is 5. The van der Waals surface area contributed by atoms with Crippen molar-refractivity contribution in [2.24, 2.45) is 5.92 Å². The van der Waals surface area contributed by atoms with E-state index in [0.717, 1.165) is 54.6 Å². The van der Waals surface area contributed by atoms with E-state index in [0.29, 0.717) is 6.54 Å². The minimum atomic E-state index is 0.0255. The first kappa shape index (κ1) is 19.4. The number of halogens is 1. The van der Waals surface area contributed by atoms with E-state index in [1.807, 2.05) is 54.6 Å². The summed E-state index contributed by atoms with van der Waals surface area (Å²) in [4.78, 5) is 14.7. The number of anilines is 1. The van der Waals surface area contributed by atoms with Crippen molar-refractivity contribution in [2.45, 2.75) is 19.3 Å². The van der Waals surface area contributed by atoms with Crippen LogP contribution in [0.15, 0.2) is 54.6 Å². The summed E-state index contributed by atoms with van der Waals surface area (Å²) in [5.74, 6) is 0.872. The Morgan fingerprint density at radius 1 is 1.07 bits per heavy atom. The Balaban J connectivity index is 1.28. The average Bonchev–Trinajstić information content (AvgIpc) is 3.26. The molecule has 2 heterocycles. The first-order valence-corrected chi connectivity index (χ1v) is 10.2. The first-order chi connectivity index (χ1) is 14.2. The van der Waals surface area contributed by atoms with Crippen molar-refractivity contribution >= 4 is 23.5 Å². The topological polar surface area (TPSA) is 75.9 Å². The smallest absolute Gasteiger partial charge is 0.250 e. The van der Waals surface area contributed by atoms with Crippen LogP contribution in [0.1, 0.15) is 18.4 Å². The van der Waals surface area contributed by atoms with Gasteiger partial charge in [-0.3, -0.25) is 4.79 Å². The highest BCUT2D eigenvalue weighted by Gasteiger charge is 2.27. The second-order valence-electron chi connectivity index (χ2n) is 7.16. The van der Waals surface area contributed by atoms with Crippen molar-refractivity contribution in [3.05, 3.63) is 65.2 Å². The molecule has 1 aromatic heterocycles. The summed E-state index contributed by atoms with van der Waals surface area (Å²) in [6, 6.07) is 17.6. The van der Waals surface area contributed by atoms with Crippen molar-refractivity contribution in [3.63, 3.8) is 0 Å². The highest BCUT2D eigenvalue weighted by Crippen LogP contribution is 2.23. The van der Waals surface area contributed by atoms with Crippen LogP contribution in [0.5, 0.6) is 0 Å². The Hall–Kier alpha value is -2.93. The predicted molar refractivity (Wildman–Crippen MR) is 112 cm³/mol. The van der Waals surface area contributed by atoms with Crippen LogP contribution < -0.4 is 10.2 Å². The van der Waals surface area contributed by atoms with Crippen LogP contribution in [-0.4, -0.2) is 45.7 Å². The van der Waals surface area contributed by atoms with E-state index < -0.39 is 0 Å². The lowest BCUT2D eigenvalue weighted by Crippen LogP contribution is -2.41. The number of aromatic nitrogens is 4. The minimum Gasteiger partial charge on any atom is -0.356 e. The van der Waals surface area contributed by atoms with Crippen LogP contribution in [0.3, 0.4) is 0 Å². The van der Waals surface area contributed by atoms with E-state index in [1.54, 1.807) is 4.68 Å². The van der Waals surface area contributed by atoms with Gasteiger partial charge in [-0.15, -0.1) is 0 Å². The average molecular weight is 411 g/mol. The molecule has 4 rings (SSSR count). The van der Waals surface area contributed by atoms with Gasteiger partial charge in [-0.2, -0.15) is 4.68 Å². The maximum Gasteiger partial charge on any atom is 0.250 e. The largest absolute Gasteiger partial charge is 0.356 e. The minimum absolute atomic E-state index is 0.0255. The van der Waals surface area contributed by atoms with Gasteiger partial charge in [0.1, 0.15) is 0 Å². The predicted octanol–water partition coefficient (Wildman–Crippen LogP) is 2.89. The molecule has 0 atom stereocenters. The summed E-state index contributed by atoms with van der Waals surface area (Å²) >= 11 is 5.90. The molecule has 1 aliphatic rings. The fourth-order valence-electron chi connectivity index (χ4n) is 3.58. The molecule has 0 bridgehead atoms. The van der Waals surface area contributed by atoms with Gasteiger partial charge in [0.2, 0.25) is 11.9 Å². The molecule has 2 aromatic carbocycles. The van der Waals surface area contributed by atoms with Gasteiger partial charge in [0.05, 0.1) is 5.69 Å². The van der Waals surface area contributed by atoms with Crippen molar-refractivity contribution in [3.8, 4) is 5.69 Å². The summed E-state index contributed by atoms with van der Waals surface area (Å²) in [5, 5.41) is 15.9. The van der Waals surface area contributed by atoms with Crippen LogP contribution in [0.2, 0.25) is 5.02 Å². The van der Waals surface area contributed by atoms with Gasteiger partial charge < -0.3 is 10.2 Å². The number of amides is 1. The van der Waals surface area contributed by atoms with Crippen LogP contribution >= 0.6 is 11.6 Å². The van der Waals surface area contributed by atoms with E-state index in [4.69, 9.17) is 11.6 Å². The zero-order valence-electron chi connectivity index (χ0n) is 16.0. The van der Waals surface area contributed by atoms with Gasteiger partial charge in [0, 0.05) is 30.6 Å². The fraction of sp³-hybridized carbons (Fsp3) is 0.333. The van der Waals surface area contributed by atoms with Gasteiger partial charge in [0.15, 0.2) is 0 Å². The van der Waals surface area contributed by atoms with Crippen LogP contribution in [0.4, 0.5) is 5.95 Å². The third-order valence-electron chi connectivity index (χ3n) is 5.23. The van der Waals surface area contributed by atoms with Gasteiger partial charge in [-0.25, -0.2) is 0 Å². The lowest BCUT2D eigenvalue weighted by Gasteiger charge is -2.31. The van der Waals surface area contributed by atoms with Crippen LogP contribution in [0, 0.1) is 5.92 Å². The number of carbonyl (C=O) groups excluding carboxylic acids is 1. The number of tetrazole rings is 1. The van der Waals surface area contributed by atoms with E-state index in [-0.39, 0.29) is 11.8 Å². The Kier molecular flexibility index (Phi) is 6.05. The Morgan fingerprint density at radius 3 is 2.52 bits per heavy atom. The number of hydrogen-bond donors (Lipinski definition) is 1. The number of piperidine rings is 1. The number of rotatable bonds is 6. The fourth-order valence-corrected chi connectivity index (χ4v) is 3.71. The molecule has 7 nitrogen and oxygen atoms in total. The highest BCUT2D eigenvalue weighted by molar-refractivity contribution is 6.30. The third-order valence-corrected chi connectivity index (χ3v) is 5.48. The van der Waals surface area contributed by atoms with E-state index in [2.05, 4.69) is 25.7 Å². The van der Waals surface area contributed by atoms with Gasteiger partial charge >= 0.3 is 0 Å². The molecular formula is C21H23ClN6O. The summed E-state index contributed by atoms with van der Waals surface area (Å²) in [6.07, 6.45) is 2.37. The molecule has 3 aromatic rings. The van der Waals surface area contributed by atoms with Crippen LogP contribution in [0.25, 0.3) is 5.69 Å². The quantitative estimate of drug-likeness (QED) is 0.676. The molecule has 0 unspecified atom stereocenters. The zero-order valence-corrected chi connectivity index (χ0v) is 16.8. The van der Waals surface area contributed by atoms with Crippen molar-refractivity contribution in [1.29, 1.82) is 0 Å². The van der Waals surface area contributed by atoms with E-state index >= 15 is 0 Å². The molecule has 1 aliphatic heterocycles. The van der Waals surface area contributed by atoms with Crippen molar-refractivity contribution in [1.82, 2.24) is 25.5 Å². The number of benzene rings is 2. The number of hydrogen-bond acceptors (Lipinski definition) is 5. The molecule has 0 spiro atoms. The number of nitrogens with one attached hydrogen (secondary N) is 1. The first-order valence-electron chi connectivity index (χ1n) is 9.81. The highest BCUT2D eigenvalue weighted by atomic mass is 35.5. The SMILES string of the molecule is O=C(NCCc1ccc(Cl)cc1)C1CCN(c2nnnn2-c2ccccc2)CC1. The monoisotopic (exact) mass is 410 g/mol. The third kappa shape index (κ3) is 4.74. The number of carbonyl (C=O) groups is 1. The van der Waals surface area contributed by atoms with Crippen molar-refractivity contribution in [2.75, 3.05) is 24.5 Å². The standard InChI is InChI=1S/C21H23ClN6O/c22-18-8-6-16(7-9-18)10-13-23-20(29)17-11-14-27(15-12-17)21-24-25-26-28(21)19-4-2-1-3-5-19/h1-9,17H,10-15H2,(H,23,29). The molecule has 1 N–H and O–H groups in total. The molecule has 1 amide bonds. The summed E-state index contributed by atoms with van der Waals surface area (Å²) in [5.41, 5.74) is 2.09. The molecule has 29 heavy (non-hydrogen) atoms. The maximum absolute atomic E-state index is 12.5. The molecule has 1 saturated heterocycles. The maximum atomic E-state index is 12.5. The van der Waals surface area contributed by atoms with Gasteiger partial charge in [0.25, 0.3) is 0 Å². The molecular weight excluding hydrogens is 388 g/mol. The van der Waals surface area contributed by atoms with Crippen LogP contribution in [-0.2, 0) is 11.2 Å². The summed E-state index contributed by atoms with van der Waals surface area (Å²) in [7, 11) is 0. The van der Waals surface area contributed by atoms with E-state index in [9.17, 15) is 4.79 Å². The Labute approximate surface area is 174 Å². The van der Waals surface area contributed by atoms with E-state index in [1.165, 1.54) is 0 Å². The Bertz CT molecular complexity index is 935.